The summed E-state index contributed by atoms with van der Waals surface area (Å²) in [4.78, 5) is 0. The van der Waals surface area contributed by atoms with Gasteiger partial charge in [0.1, 0.15) is 16.1 Å². The van der Waals surface area contributed by atoms with E-state index in [1.54, 1.807) is 0 Å². The molecule has 0 aliphatic heterocycles. The van der Waals surface area contributed by atoms with Gasteiger partial charge in [-0.15, -0.1) is 10.2 Å². The maximum Gasteiger partial charge on any atom is 0.205 e. The van der Waals surface area contributed by atoms with Crippen molar-refractivity contribution in [1.82, 2.24) is 19.2 Å². The van der Waals surface area contributed by atoms with E-state index in [1.165, 1.54) is 3.82 Å². The van der Waals surface area contributed by atoms with E-state index >= 15 is 0 Å². The van der Waals surface area contributed by atoms with Gasteiger partial charge >= 0.3 is 0 Å². The largest absolute Gasteiger partial charge is 0.205 e. The van der Waals surface area contributed by atoms with Gasteiger partial charge in [0.25, 0.3) is 0 Å². The van der Waals surface area contributed by atoms with E-state index in [4.69, 9.17) is 0 Å². The third kappa shape index (κ3) is 1.35. The highest BCUT2D eigenvalue weighted by molar-refractivity contribution is 9.08. The van der Waals surface area contributed by atoms with Crippen LogP contribution in [0.25, 0.3) is 11.4 Å². The minimum atomic E-state index is 0.618. The number of halogens is 1. The van der Waals surface area contributed by atoms with Crippen LogP contribution in [0.2, 0.25) is 0 Å². The topological polar surface area (TPSA) is 43.6 Å². The van der Waals surface area contributed by atoms with Crippen molar-refractivity contribution < 1.29 is 0 Å². The van der Waals surface area contributed by atoms with Gasteiger partial charge in [0.15, 0.2) is 0 Å². The standard InChI is InChI=1S/C7H5BrN4/c8-12-10-7(9-11-12)6-4-2-1-3-5-6/h1-5H. The van der Waals surface area contributed by atoms with E-state index in [0.717, 1.165) is 5.56 Å². The molecule has 60 valence electrons. The van der Waals surface area contributed by atoms with Crippen molar-refractivity contribution in [3.63, 3.8) is 0 Å². The molecule has 0 amide bonds. The molecule has 0 atom stereocenters. The zero-order valence-electron chi connectivity index (χ0n) is 6.05. The molecule has 1 aromatic heterocycles. The summed E-state index contributed by atoms with van der Waals surface area (Å²) < 4.78 is 1.26. The average molecular weight is 225 g/mol. The predicted octanol–water partition coefficient (Wildman–Crippen LogP) is 1.50. The highest BCUT2D eigenvalue weighted by Gasteiger charge is 2.01. The second-order valence-electron chi connectivity index (χ2n) is 2.22. The molecular formula is C7H5BrN4. The lowest BCUT2D eigenvalue weighted by Gasteiger charge is -1.89. The van der Waals surface area contributed by atoms with Crippen LogP contribution in [0.3, 0.4) is 0 Å². The summed E-state index contributed by atoms with van der Waals surface area (Å²) >= 11 is 3.06. The van der Waals surface area contributed by atoms with Crippen LogP contribution in [0.5, 0.6) is 0 Å². The summed E-state index contributed by atoms with van der Waals surface area (Å²) in [5.74, 6) is 0.618. The lowest BCUT2D eigenvalue weighted by atomic mass is 10.2. The van der Waals surface area contributed by atoms with Crippen LogP contribution in [-0.4, -0.2) is 19.2 Å². The summed E-state index contributed by atoms with van der Waals surface area (Å²) in [5, 5.41) is 11.5. The minimum Gasteiger partial charge on any atom is -0.120 e. The normalized spacial score (nSPS) is 10.1. The highest BCUT2D eigenvalue weighted by Crippen LogP contribution is 2.11. The SMILES string of the molecule is Brn1nnc(-c2ccccc2)n1. The summed E-state index contributed by atoms with van der Waals surface area (Å²) in [6, 6.07) is 9.69. The predicted molar refractivity (Wildman–Crippen MR) is 47.6 cm³/mol. The maximum absolute atomic E-state index is 3.99. The van der Waals surface area contributed by atoms with E-state index in [9.17, 15) is 0 Å². The lowest BCUT2D eigenvalue weighted by molar-refractivity contribution is 0.834. The molecule has 0 aliphatic carbocycles. The fourth-order valence-corrected chi connectivity index (χ4v) is 1.12. The second-order valence-corrected chi connectivity index (χ2v) is 2.85. The molecule has 1 heterocycles. The molecule has 0 saturated carbocycles. The van der Waals surface area contributed by atoms with Gasteiger partial charge in [0.2, 0.25) is 5.82 Å². The molecular weight excluding hydrogens is 220 g/mol. The van der Waals surface area contributed by atoms with Crippen LogP contribution in [0.1, 0.15) is 0 Å². The molecule has 0 unspecified atom stereocenters. The Morgan fingerprint density at radius 2 is 1.92 bits per heavy atom. The van der Waals surface area contributed by atoms with Crippen molar-refractivity contribution in [2.75, 3.05) is 0 Å². The molecule has 0 fully saturated rings. The number of rotatable bonds is 1. The van der Waals surface area contributed by atoms with Crippen LogP contribution in [0.4, 0.5) is 0 Å². The summed E-state index contributed by atoms with van der Waals surface area (Å²) in [6.07, 6.45) is 0. The molecule has 12 heavy (non-hydrogen) atoms. The molecule has 0 saturated heterocycles. The monoisotopic (exact) mass is 224 g/mol. The average Bonchev–Trinajstić information content (AvgIpc) is 2.54. The number of hydrogen-bond acceptors (Lipinski definition) is 3. The Hall–Kier alpha value is -1.23. The molecule has 5 heteroatoms. The molecule has 2 rings (SSSR count). The second kappa shape index (κ2) is 3.02. The smallest absolute Gasteiger partial charge is 0.120 e. The van der Waals surface area contributed by atoms with Crippen LogP contribution in [0.15, 0.2) is 30.3 Å². The molecule has 0 radical (unpaired) electrons. The first kappa shape index (κ1) is 7.42. The van der Waals surface area contributed by atoms with Crippen molar-refractivity contribution in [3.05, 3.63) is 30.3 Å². The van der Waals surface area contributed by atoms with Crippen molar-refractivity contribution in [2.24, 2.45) is 0 Å². The van der Waals surface area contributed by atoms with Crippen LogP contribution in [0, 0.1) is 0 Å². The summed E-state index contributed by atoms with van der Waals surface area (Å²) in [6.45, 7) is 0. The number of aromatic nitrogens is 4. The lowest BCUT2D eigenvalue weighted by Crippen LogP contribution is -1.83. The van der Waals surface area contributed by atoms with Crippen molar-refractivity contribution >= 4 is 16.1 Å². The van der Waals surface area contributed by atoms with Gasteiger partial charge in [-0.1, -0.05) is 34.2 Å². The van der Waals surface area contributed by atoms with Gasteiger partial charge in [-0.2, -0.15) is 0 Å². The van der Waals surface area contributed by atoms with E-state index in [2.05, 4.69) is 31.6 Å². The van der Waals surface area contributed by atoms with Crippen molar-refractivity contribution in [2.45, 2.75) is 0 Å². The number of tetrazole rings is 1. The quantitative estimate of drug-likeness (QED) is 0.738. The molecule has 2 aromatic rings. The van der Waals surface area contributed by atoms with Crippen molar-refractivity contribution in [1.29, 1.82) is 0 Å². The number of benzene rings is 1. The zero-order valence-corrected chi connectivity index (χ0v) is 7.64. The van der Waals surface area contributed by atoms with E-state index in [0.29, 0.717) is 5.82 Å². The first-order chi connectivity index (χ1) is 5.86. The third-order valence-corrected chi connectivity index (χ3v) is 1.72. The van der Waals surface area contributed by atoms with Crippen LogP contribution < -0.4 is 0 Å². The molecule has 0 N–H and O–H groups in total. The third-order valence-electron chi connectivity index (χ3n) is 1.42. The van der Waals surface area contributed by atoms with Gasteiger partial charge in [-0.3, -0.25) is 0 Å². The Labute approximate surface area is 77.5 Å². The first-order valence-corrected chi connectivity index (χ1v) is 4.09. The maximum atomic E-state index is 3.99. The molecule has 0 aliphatic rings. The molecule has 0 spiro atoms. The van der Waals surface area contributed by atoms with Gasteiger partial charge in [-0.05, 0) is 5.21 Å². The number of hydrogen-bond donors (Lipinski definition) is 0. The summed E-state index contributed by atoms with van der Waals surface area (Å²) in [7, 11) is 0. The molecule has 4 nitrogen and oxygen atoms in total. The Balaban J connectivity index is 2.45. The van der Waals surface area contributed by atoms with Gasteiger partial charge in [0.05, 0.1) is 0 Å². The van der Waals surface area contributed by atoms with Crippen LogP contribution in [-0.2, 0) is 0 Å². The van der Waals surface area contributed by atoms with Gasteiger partial charge in [-0.25, -0.2) is 0 Å². The Kier molecular flexibility index (Phi) is 1.87. The molecule has 0 bridgehead atoms. The van der Waals surface area contributed by atoms with Gasteiger partial charge in [0, 0.05) is 5.56 Å². The first-order valence-electron chi connectivity index (χ1n) is 3.38. The Morgan fingerprint density at radius 3 is 2.50 bits per heavy atom. The van der Waals surface area contributed by atoms with E-state index in [-0.39, 0.29) is 0 Å². The number of nitrogens with zero attached hydrogens (tertiary/aromatic N) is 4. The fourth-order valence-electron chi connectivity index (χ4n) is 0.900. The molecule has 1 aromatic carbocycles. The summed E-state index contributed by atoms with van der Waals surface area (Å²) in [5.41, 5.74) is 0.961. The Morgan fingerprint density at radius 1 is 1.17 bits per heavy atom. The van der Waals surface area contributed by atoms with Crippen molar-refractivity contribution in [3.8, 4) is 11.4 Å². The van der Waals surface area contributed by atoms with E-state index < -0.39 is 0 Å². The Bertz CT molecular complexity index is 370. The fraction of sp³-hybridized carbons (Fsp3) is 0. The van der Waals surface area contributed by atoms with Gasteiger partial charge < -0.3 is 0 Å². The highest BCUT2D eigenvalue weighted by atomic mass is 79.9. The minimum absolute atomic E-state index is 0.618. The zero-order chi connectivity index (χ0) is 8.39. The van der Waals surface area contributed by atoms with Crippen LogP contribution >= 0.6 is 16.1 Å². The van der Waals surface area contributed by atoms with E-state index in [1.807, 2.05) is 30.3 Å².